The molecule has 0 saturated carbocycles. The second-order valence-corrected chi connectivity index (χ2v) is 5.84. The van der Waals surface area contributed by atoms with E-state index >= 15 is 0 Å². The highest BCUT2D eigenvalue weighted by Gasteiger charge is 2.18. The van der Waals surface area contributed by atoms with E-state index in [-0.39, 0.29) is 17.2 Å². The van der Waals surface area contributed by atoms with Crippen molar-refractivity contribution in [2.45, 2.75) is 46.6 Å². The molecule has 0 aliphatic heterocycles. The molecule has 17 heavy (non-hydrogen) atoms. The first-order valence-electron chi connectivity index (χ1n) is 5.99. The molecule has 3 nitrogen and oxygen atoms in total. The molecule has 0 aliphatic carbocycles. The number of hydrogen-bond donors (Lipinski definition) is 1. The Morgan fingerprint density at radius 3 is 2.53 bits per heavy atom. The van der Waals surface area contributed by atoms with E-state index in [0.717, 1.165) is 12.1 Å². The minimum absolute atomic E-state index is 0.0780. The molecule has 0 fully saturated rings. The third-order valence-electron chi connectivity index (χ3n) is 2.56. The summed E-state index contributed by atoms with van der Waals surface area (Å²) in [5, 5.41) is 0. The fourth-order valence-electron chi connectivity index (χ4n) is 1.85. The number of Topliss-reactive ketones (excluding diaryl/α,β-unsaturated/α-hetero) is 1. The Labute approximate surface area is 103 Å². The average molecular weight is 234 g/mol. The minimum Gasteiger partial charge on any atom is -0.327 e. The zero-order valence-corrected chi connectivity index (χ0v) is 11.2. The van der Waals surface area contributed by atoms with Crippen molar-refractivity contribution in [3.05, 3.63) is 29.6 Å². The molecule has 1 unspecified atom stereocenters. The normalized spacial score (nSPS) is 13.5. The van der Waals surface area contributed by atoms with Crippen LogP contribution in [0.25, 0.3) is 0 Å². The summed E-state index contributed by atoms with van der Waals surface area (Å²) in [5.41, 5.74) is 7.71. The topological polar surface area (TPSA) is 56.0 Å². The lowest BCUT2D eigenvalue weighted by Gasteiger charge is -2.22. The smallest absolute Gasteiger partial charge is 0.165 e. The van der Waals surface area contributed by atoms with E-state index in [2.05, 4.69) is 25.8 Å². The van der Waals surface area contributed by atoms with Crippen LogP contribution in [0.4, 0.5) is 0 Å². The Balaban J connectivity index is 2.57. The van der Waals surface area contributed by atoms with Gasteiger partial charge in [-0.15, -0.1) is 0 Å². The Kier molecular flexibility index (Phi) is 4.40. The summed E-state index contributed by atoms with van der Waals surface area (Å²) in [4.78, 5) is 16.1. The predicted octanol–water partition coefficient (Wildman–Crippen LogP) is 2.73. The highest BCUT2D eigenvalue weighted by Crippen LogP contribution is 2.21. The van der Waals surface area contributed by atoms with Crippen molar-refractivity contribution in [2.24, 2.45) is 11.1 Å². The van der Waals surface area contributed by atoms with Crippen LogP contribution in [-0.4, -0.2) is 16.8 Å². The Morgan fingerprint density at radius 1 is 1.41 bits per heavy atom. The number of aromatic nitrogens is 1. The van der Waals surface area contributed by atoms with Crippen molar-refractivity contribution < 1.29 is 4.79 Å². The van der Waals surface area contributed by atoms with Gasteiger partial charge < -0.3 is 5.73 Å². The van der Waals surface area contributed by atoms with E-state index in [4.69, 9.17) is 5.73 Å². The number of nitrogens with zero attached hydrogens (tertiary/aromatic N) is 1. The largest absolute Gasteiger partial charge is 0.327 e. The second kappa shape index (κ2) is 5.41. The van der Waals surface area contributed by atoms with Crippen molar-refractivity contribution in [2.75, 3.05) is 0 Å². The number of ketones is 1. The average Bonchev–Trinajstić information content (AvgIpc) is 2.15. The number of nitrogens with two attached hydrogens (primary N) is 1. The maximum absolute atomic E-state index is 11.9. The number of aryl methyl sites for hydroxylation is 1. The Hall–Kier alpha value is -1.22. The van der Waals surface area contributed by atoms with E-state index in [9.17, 15) is 4.79 Å². The number of carbonyl (C=O) groups is 1. The summed E-state index contributed by atoms with van der Waals surface area (Å²) in [6, 6.07) is 3.58. The molecule has 0 spiro atoms. The van der Waals surface area contributed by atoms with E-state index in [1.165, 1.54) is 0 Å². The van der Waals surface area contributed by atoms with Gasteiger partial charge in [-0.3, -0.25) is 9.78 Å². The van der Waals surface area contributed by atoms with Crippen LogP contribution < -0.4 is 5.73 Å². The van der Waals surface area contributed by atoms with Gasteiger partial charge in [-0.1, -0.05) is 20.8 Å². The molecule has 1 atom stereocenters. The van der Waals surface area contributed by atoms with Crippen molar-refractivity contribution in [3.8, 4) is 0 Å². The molecule has 0 aromatic carbocycles. The maximum atomic E-state index is 11.9. The predicted molar refractivity (Wildman–Crippen MR) is 70.0 cm³/mol. The molecule has 3 heteroatoms. The first kappa shape index (κ1) is 13.8. The lowest BCUT2D eigenvalue weighted by molar-refractivity contribution is 0.0968. The Morgan fingerprint density at radius 2 is 2.06 bits per heavy atom. The van der Waals surface area contributed by atoms with Gasteiger partial charge in [-0.25, -0.2) is 0 Å². The molecule has 0 amide bonds. The molecule has 2 N–H and O–H groups in total. The van der Waals surface area contributed by atoms with Crippen LogP contribution in [0.1, 0.15) is 49.7 Å². The monoisotopic (exact) mass is 234 g/mol. The third kappa shape index (κ3) is 5.09. The fourth-order valence-corrected chi connectivity index (χ4v) is 1.85. The highest BCUT2D eigenvalue weighted by atomic mass is 16.1. The minimum atomic E-state index is -0.0798. The highest BCUT2D eigenvalue weighted by molar-refractivity contribution is 5.96. The van der Waals surface area contributed by atoms with Crippen molar-refractivity contribution in [3.63, 3.8) is 0 Å². The molecule has 1 heterocycles. The number of carbonyl (C=O) groups excluding carboxylic acids is 1. The first-order valence-corrected chi connectivity index (χ1v) is 5.99. The van der Waals surface area contributed by atoms with Crippen molar-refractivity contribution >= 4 is 5.78 Å². The quantitative estimate of drug-likeness (QED) is 0.815. The summed E-state index contributed by atoms with van der Waals surface area (Å²) in [7, 11) is 0. The summed E-state index contributed by atoms with van der Waals surface area (Å²) in [6.45, 7) is 8.29. The molecular formula is C14H22N2O. The lowest BCUT2D eigenvalue weighted by Crippen LogP contribution is -2.29. The van der Waals surface area contributed by atoms with Gasteiger partial charge in [0.1, 0.15) is 0 Å². The number of pyridine rings is 1. The van der Waals surface area contributed by atoms with E-state index in [1.807, 2.05) is 19.1 Å². The van der Waals surface area contributed by atoms with Crippen LogP contribution in [0.5, 0.6) is 0 Å². The van der Waals surface area contributed by atoms with Gasteiger partial charge in [0.05, 0.1) is 0 Å². The standard InChI is InChI=1S/C14H22N2O/c1-10-5-6-11(9-16-10)13(17)7-12(15)8-14(2,3)4/h5-6,9,12H,7-8,15H2,1-4H3. The summed E-state index contributed by atoms with van der Waals surface area (Å²) in [6.07, 6.45) is 2.86. The molecule has 0 saturated heterocycles. The van der Waals surface area contributed by atoms with Crippen molar-refractivity contribution in [1.82, 2.24) is 4.98 Å². The van der Waals surface area contributed by atoms with Gasteiger partial charge in [0, 0.05) is 29.9 Å². The van der Waals surface area contributed by atoms with Crippen LogP contribution >= 0.6 is 0 Å². The van der Waals surface area contributed by atoms with Crippen LogP contribution in [0, 0.1) is 12.3 Å². The first-order chi connectivity index (χ1) is 7.78. The molecule has 94 valence electrons. The molecule has 1 aromatic heterocycles. The van der Waals surface area contributed by atoms with Gasteiger partial charge in [0.25, 0.3) is 0 Å². The van der Waals surface area contributed by atoms with E-state index in [0.29, 0.717) is 12.0 Å². The van der Waals surface area contributed by atoms with Gasteiger partial charge in [0.2, 0.25) is 0 Å². The van der Waals surface area contributed by atoms with Crippen LogP contribution in [0.3, 0.4) is 0 Å². The van der Waals surface area contributed by atoms with Gasteiger partial charge >= 0.3 is 0 Å². The molecule has 0 aliphatic rings. The summed E-state index contributed by atoms with van der Waals surface area (Å²) in [5.74, 6) is 0.0780. The number of rotatable bonds is 4. The molecule has 0 bridgehead atoms. The van der Waals surface area contributed by atoms with Crippen LogP contribution in [0.15, 0.2) is 18.3 Å². The molecular weight excluding hydrogens is 212 g/mol. The second-order valence-electron chi connectivity index (χ2n) is 5.84. The van der Waals surface area contributed by atoms with Gasteiger partial charge in [-0.2, -0.15) is 0 Å². The summed E-state index contributed by atoms with van der Waals surface area (Å²) < 4.78 is 0. The molecule has 1 aromatic rings. The summed E-state index contributed by atoms with van der Waals surface area (Å²) >= 11 is 0. The SMILES string of the molecule is Cc1ccc(C(=O)CC(N)CC(C)(C)C)cn1. The van der Waals surface area contributed by atoms with Crippen LogP contribution in [0.2, 0.25) is 0 Å². The fraction of sp³-hybridized carbons (Fsp3) is 0.571. The maximum Gasteiger partial charge on any atom is 0.165 e. The van der Waals surface area contributed by atoms with E-state index < -0.39 is 0 Å². The zero-order valence-electron chi connectivity index (χ0n) is 11.2. The molecule has 1 rings (SSSR count). The Bertz CT molecular complexity index is 376. The molecule has 0 radical (unpaired) electrons. The van der Waals surface area contributed by atoms with Gasteiger partial charge in [-0.05, 0) is 30.9 Å². The van der Waals surface area contributed by atoms with E-state index in [1.54, 1.807) is 6.20 Å². The lowest BCUT2D eigenvalue weighted by atomic mass is 9.86. The van der Waals surface area contributed by atoms with Crippen LogP contribution in [-0.2, 0) is 0 Å². The zero-order chi connectivity index (χ0) is 13.1. The third-order valence-corrected chi connectivity index (χ3v) is 2.56. The van der Waals surface area contributed by atoms with Crippen molar-refractivity contribution in [1.29, 1.82) is 0 Å². The van der Waals surface area contributed by atoms with Gasteiger partial charge in [0.15, 0.2) is 5.78 Å². The number of hydrogen-bond acceptors (Lipinski definition) is 3.